The number of aromatic nitrogens is 1. The van der Waals surface area contributed by atoms with Gasteiger partial charge in [-0.3, -0.25) is 9.36 Å². The molecule has 262 valence electrons. The summed E-state index contributed by atoms with van der Waals surface area (Å²) in [6.45, 7) is 5.15. The van der Waals surface area contributed by atoms with Crippen molar-refractivity contribution in [1.82, 2.24) is 4.57 Å². The van der Waals surface area contributed by atoms with Gasteiger partial charge in [-0.05, 0) is 85.3 Å². The van der Waals surface area contributed by atoms with Gasteiger partial charge in [-0.1, -0.05) is 35.6 Å². The molecule has 3 aromatic carbocycles. The zero-order valence-corrected chi connectivity index (χ0v) is 30.9. The Hall–Kier alpha value is -4.70. The van der Waals surface area contributed by atoms with Crippen LogP contribution in [0.1, 0.15) is 43.5 Å². The maximum atomic E-state index is 14.4. The summed E-state index contributed by atoms with van der Waals surface area (Å²) in [7, 11) is 2.76. The Bertz CT molecular complexity index is 2140. The third kappa shape index (κ3) is 7.86. The second-order valence-electron chi connectivity index (χ2n) is 10.7. The average molecular weight is 817 g/mol. The number of hydrogen-bond donors (Lipinski definition) is 0. The molecule has 1 aliphatic rings. The predicted molar refractivity (Wildman–Crippen MR) is 192 cm³/mol. The van der Waals surface area contributed by atoms with Crippen LogP contribution < -0.4 is 33.8 Å². The standard InChI is InChI=1S/C36H34FIN2O9S/c1-6-46-27-15-21(12-13-26(27)48-19-30(41)45-5)32-31(35(43)47-7-2)20(3)39-36-40(32)34(42)29(50-36)16-23-14-24(38)17-28(44-4)33(23)49-18-22-10-8-9-11-25(22)37/h8-17,32H,6-7,18-19H2,1-5H3/b29-16+/t32-/m1/s1. The highest BCUT2D eigenvalue weighted by Gasteiger charge is 2.34. The minimum absolute atomic E-state index is 0.0741. The number of hydrogen-bond acceptors (Lipinski definition) is 11. The summed E-state index contributed by atoms with van der Waals surface area (Å²) in [4.78, 5) is 44.6. The van der Waals surface area contributed by atoms with Gasteiger partial charge in [-0.2, -0.15) is 0 Å². The highest BCUT2D eigenvalue weighted by molar-refractivity contribution is 14.1. The van der Waals surface area contributed by atoms with Gasteiger partial charge >= 0.3 is 11.9 Å². The Labute approximate surface area is 304 Å². The number of carbonyl (C=O) groups excluding carboxylic acids is 2. The summed E-state index contributed by atoms with van der Waals surface area (Å²) in [6, 6.07) is 13.9. The van der Waals surface area contributed by atoms with Crippen LogP contribution in [0.4, 0.5) is 4.39 Å². The van der Waals surface area contributed by atoms with Gasteiger partial charge in [0.05, 0.1) is 49.3 Å². The monoisotopic (exact) mass is 816 g/mol. The maximum absolute atomic E-state index is 14.4. The lowest BCUT2D eigenvalue weighted by Gasteiger charge is -2.25. The SMILES string of the molecule is CCOC(=O)C1=C(C)N=c2s/c(=C/c3cc(I)cc(OC)c3OCc3ccccc3F)c(=O)n2[C@@H]1c1ccc(OCC(=O)OC)c(OCC)c1. The molecule has 0 N–H and O–H groups in total. The summed E-state index contributed by atoms with van der Waals surface area (Å²) < 4.78 is 50.3. The molecule has 14 heteroatoms. The number of allylic oxidation sites excluding steroid dienone is 1. The van der Waals surface area contributed by atoms with Crippen LogP contribution in [-0.4, -0.2) is 50.5 Å². The van der Waals surface area contributed by atoms with Crippen molar-refractivity contribution < 1.29 is 42.4 Å². The molecule has 1 aliphatic heterocycles. The first-order valence-corrected chi connectivity index (χ1v) is 17.4. The molecule has 0 fully saturated rings. The van der Waals surface area contributed by atoms with Gasteiger partial charge in [0.1, 0.15) is 12.4 Å². The van der Waals surface area contributed by atoms with Crippen LogP contribution in [0.3, 0.4) is 0 Å². The lowest BCUT2D eigenvalue weighted by Crippen LogP contribution is -2.40. The van der Waals surface area contributed by atoms with Crippen LogP contribution in [0, 0.1) is 9.39 Å². The minimum Gasteiger partial charge on any atom is -0.493 e. The molecule has 4 aromatic rings. The molecule has 0 saturated carbocycles. The number of carbonyl (C=O) groups is 2. The summed E-state index contributed by atoms with van der Waals surface area (Å²) >= 11 is 3.28. The van der Waals surface area contributed by atoms with Crippen LogP contribution in [0.25, 0.3) is 6.08 Å². The second kappa shape index (κ2) is 16.3. The minimum atomic E-state index is -0.941. The van der Waals surface area contributed by atoms with Crippen molar-refractivity contribution in [2.45, 2.75) is 33.4 Å². The van der Waals surface area contributed by atoms with E-state index in [0.717, 1.165) is 14.9 Å². The Morgan fingerprint density at radius 3 is 2.48 bits per heavy atom. The van der Waals surface area contributed by atoms with E-state index >= 15 is 0 Å². The molecular formula is C36H34FIN2O9S. The molecule has 0 spiro atoms. The summed E-state index contributed by atoms with van der Waals surface area (Å²) in [6.07, 6.45) is 1.67. The number of halogens is 2. The molecule has 0 unspecified atom stereocenters. The van der Waals surface area contributed by atoms with Crippen molar-refractivity contribution in [3.8, 4) is 23.0 Å². The Balaban J connectivity index is 1.66. The summed E-state index contributed by atoms with van der Waals surface area (Å²) in [5.74, 6) is -0.287. The first kappa shape index (κ1) is 36.6. The number of thiazole rings is 1. The van der Waals surface area contributed by atoms with E-state index in [9.17, 15) is 18.8 Å². The summed E-state index contributed by atoms with van der Waals surface area (Å²) in [5, 5.41) is 0. The highest BCUT2D eigenvalue weighted by atomic mass is 127. The Morgan fingerprint density at radius 1 is 1.00 bits per heavy atom. The fourth-order valence-corrected chi connectivity index (χ4v) is 6.95. The first-order valence-electron chi connectivity index (χ1n) is 15.5. The number of ether oxygens (including phenoxy) is 6. The largest absolute Gasteiger partial charge is 0.493 e. The van der Waals surface area contributed by atoms with E-state index in [1.807, 2.05) is 6.07 Å². The molecule has 11 nitrogen and oxygen atoms in total. The maximum Gasteiger partial charge on any atom is 0.343 e. The fourth-order valence-electron chi connectivity index (χ4n) is 5.29. The third-order valence-electron chi connectivity index (χ3n) is 7.56. The van der Waals surface area contributed by atoms with Gasteiger partial charge in [0.2, 0.25) is 0 Å². The van der Waals surface area contributed by atoms with Gasteiger partial charge < -0.3 is 28.4 Å². The van der Waals surface area contributed by atoms with Crippen molar-refractivity contribution in [3.05, 3.63) is 112 Å². The highest BCUT2D eigenvalue weighted by Crippen LogP contribution is 2.37. The van der Waals surface area contributed by atoms with Crippen LogP contribution in [-0.2, 0) is 25.7 Å². The fraction of sp³-hybridized carbons (Fsp3) is 0.278. The number of rotatable bonds is 13. The molecule has 50 heavy (non-hydrogen) atoms. The van der Waals surface area contributed by atoms with Crippen molar-refractivity contribution in [1.29, 1.82) is 0 Å². The van der Waals surface area contributed by atoms with E-state index in [-0.39, 0.29) is 37.8 Å². The van der Waals surface area contributed by atoms with Gasteiger partial charge in [0, 0.05) is 14.7 Å². The van der Waals surface area contributed by atoms with Gasteiger partial charge in [0.25, 0.3) is 5.56 Å². The van der Waals surface area contributed by atoms with Crippen molar-refractivity contribution in [2.75, 3.05) is 34.0 Å². The second-order valence-corrected chi connectivity index (χ2v) is 13.0. The van der Waals surface area contributed by atoms with Gasteiger partial charge in [0.15, 0.2) is 34.4 Å². The molecular weight excluding hydrogens is 782 g/mol. The van der Waals surface area contributed by atoms with Crippen LogP contribution in [0.15, 0.2) is 75.7 Å². The lowest BCUT2D eigenvalue weighted by atomic mass is 9.95. The van der Waals surface area contributed by atoms with E-state index in [1.165, 1.54) is 24.9 Å². The zero-order valence-electron chi connectivity index (χ0n) is 27.9. The molecule has 0 aliphatic carbocycles. The molecule has 0 radical (unpaired) electrons. The molecule has 0 bridgehead atoms. The van der Waals surface area contributed by atoms with Crippen LogP contribution in [0.5, 0.6) is 23.0 Å². The molecule has 5 rings (SSSR count). The Kier molecular flexibility index (Phi) is 12.0. The first-order chi connectivity index (χ1) is 24.1. The van der Waals surface area contributed by atoms with Crippen molar-refractivity contribution in [2.24, 2.45) is 4.99 Å². The number of esters is 2. The van der Waals surface area contributed by atoms with E-state index < -0.39 is 29.4 Å². The van der Waals surface area contributed by atoms with Crippen molar-refractivity contribution >= 4 is 51.9 Å². The molecule has 1 aromatic heterocycles. The Morgan fingerprint density at radius 2 is 1.78 bits per heavy atom. The van der Waals surface area contributed by atoms with Crippen LogP contribution in [0.2, 0.25) is 0 Å². The average Bonchev–Trinajstić information content (AvgIpc) is 3.40. The smallest absolute Gasteiger partial charge is 0.343 e. The quantitative estimate of drug-likeness (QED) is 0.134. The lowest BCUT2D eigenvalue weighted by molar-refractivity contribution is -0.143. The normalized spacial score (nSPS) is 14.1. The topological polar surface area (TPSA) is 124 Å². The third-order valence-corrected chi connectivity index (χ3v) is 9.16. The van der Waals surface area contributed by atoms with E-state index in [0.29, 0.717) is 49.0 Å². The van der Waals surface area contributed by atoms with Crippen molar-refractivity contribution in [3.63, 3.8) is 0 Å². The zero-order chi connectivity index (χ0) is 35.9. The number of fused-ring (bicyclic) bond motifs is 1. The number of benzene rings is 3. The van der Waals surface area contributed by atoms with E-state index in [2.05, 4.69) is 32.3 Å². The number of nitrogens with zero attached hydrogens (tertiary/aromatic N) is 2. The summed E-state index contributed by atoms with van der Waals surface area (Å²) in [5.41, 5.74) is 1.55. The van der Waals surface area contributed by atoms with Gasteiger partial charge in [-0.15, -0.1) is 0 Å². The molecule has 0 saturated heterocycles. The van der Waals surface area contributed by atoms with Crippen LogP contribution >= 0.6 is 33.9 Å². The predicted octanol–water partition coefficient (Wildman–Crippen LogP) is 5.08. The molecule has 2 heterocycles. The van der Waals surface area contributed by atoms with E-state index in [4.69, 9.17) is 23.7 Å². The molecule has 0 amide bonds. The van der Waals surface area contributed by atoms with E-state index in [1.54, 1.807) is 69.3 Å². The molecule has 1 atom stereocenters. The number of methoxy groups -OCH3 is 2. The van der Waals surface area contributed by atoms with Gasteiger partial charge in [-0.25, -0.2) is 19.0 Å².